The lowest BCUT2D eigenvalue weighted by Crippen LogP contribution is -2.54. The topological polar surface area (TPSA) is 80.7 Å². The Morgan fingerprint density at radius 3 is 2.66 bits per heavy atom. The minimum absolute atomic E-state index is 0.0320. The maximum Gasteiger partial charge on any atom is 0.410 e. The van der Waals surface area contributed by atoms with Crippen LogP contribution in [0.2, 0.25) is 5.28 Å². The van der Waals surface area contributed by atoms with Gasteiger partial charge >= 0.3 is 6.09 Å². The first-order chi connectivity index (χ1) is 16.7. The predicted molar refractivity (Wildman–Crippen MR) is 136 cm³/mol. The molecule has 9 heteroatoms. The molecular weight excluding hydrogens is 466 g/mol. The van der Waals surface area contributed by atoms with Gasteiger partial charge in [0.2, 0.25) is 11.2 Å². The van der Waals surface area contributed by atoms with Crippen molar-refractivity contribution in [3.05, 3.63) is 59.5 Å². The van der Waals surface area contributed by atoms with E-state index in [4.69, 9.17) is 26.1 Å². The molecule has 1 fully saturated rings. The molecule has 1 saturated heterocycles. The zero-order valence-corrected chi connectivity index (χ0v) is 20.8. The number of benzene rings is 1. The average Bonchev–Trinajstić information content (AvgIpc) is 2.80. The fourth-order valence-electron chi connectivity index (χ4n) is 4.15. The van der Waals surface area contributed by atoms with Gasteiger partial charge in [-0.15, -0.1) is 0 Å². The molecule has 0 bridgehead atoms. The lowest BCUT2D eigenvalue weighted by Gasteiger charge is -2.40. The summed E-state index contributed by atoms with van der Waals surface area (Å²) in [6.45, 7) is 8.01. The Balaban J connectivity index is 1.25. The molecule has 2 aliphatic heterocycles. The normalized spacial score (nSPS) is 16.6. The second kappa shape index (κ2) is 9.34. The fraction of sp³-hybridized carbons (Fsp3) is 0.385. The number of nitrogens with zero attached hydrogens (tertiary/aromatic N) is 5. The third kappa shape index (κ3) is 5.32. The molecule has 0 N–H and O–H groups in total. The van der Waals surface area contributed by atoms with E-state index in [2.05, 4.69) is 27.0 Å². The number of pyridine rings is 1. The number of aromatic nitrogens is 3. The van der Waals surface area contributed by atoms with Gasteiger partial charge in [-0.1, -0.05) is 24.3 Å². The molecule has 182 valence electrons. The first-order valence-electron chi connectivity index (χ1n) is 11.7. The third-order valence-corrected chi connectivity index (χ3v) is 6.15. The maximum absolute atomic E-state index is 12.4. The number of fused-ring (bicyclic) bond motifs is 1. The van der Waals surface area contributed by atoms with E-state index < -0.39 is 5.60 Å². The van der Waals surface area contributed by atoms with Gasteiger partial charge in [0.25, 0.3) is 0 Å². The summed E-state index contributed by atoms with van der Waals surface area (Å²) < 4.78 is 11.7. The lowest BCUT2D eigenvalue weighted by molar-refractivity contribution is 0.0270. The second-order valence-electron chi connectivity index (χ2n) is 9.77. The maximum atomic E-state index is 12.4. The highest BCUT2D eigenvalue weighted by atomic mass is 35.5. The van der Waals surface area contributed by atoms with Crippen molar-refractivity contribution < 1.29 is 14.3 Å². The van der Waals surface area contributed by atoms with Crippen LogP contribution in [-0.2, 0) is 4.74 Å². The Kier molecular flexibility index (Phi) is 6.23. The first kappa shape index (κ1) is 23.4. The number of hydrogen-bond donors (Lipinski definition) is 0. The number of para-hydroxylation sites is 1. The highest BCUT2D eigenvalue weighted by molar-refractivity contribution is 6.28. The van der Waals surface area contributed by atoms with E-state index in [0.29, 0.717) is 38.5 Å². The van der Waals surface area contributed by atoms with Crippen molar-refractivity contribution in [1.82, 2.24) is 19.9 Å². The Labute approximate surface area is 209 Å². The molecule has 0 saturated carbocycles. The summed E-state index contributed by atoms with van der Waals surface area (Å²) in [6.07, 6.45) is 4.00. The number of carbonyl (C=O) groups is 1. The van der Waals surface area contributed by atoms with Crippen LogP contribution in [0, 0.1) is 0 Å². The molecule has 0 radical (unpaired) electrons. The number of ether oxygens (including phenoxy) is 2. The molecule has 8 nitrogen and oxygen atoms in total. The van der Waals surface area contributed by atoms with Gasteiger partial charge in [0.15, 0.2) is 0 Å². The molecule has 2 aliphatic rings. The molecular formula is C26H28ClN5O3. The van der Waals surface area contributed by atoms with E-state index in [1.807, 2.05) is 51.1 Å². The van der Waals surface area contributed by atoms with Crippen LogP contribution in [0.25, 0.3) is 16.5 Å². The minimum Gasteiger partial charge on any atom is -0.470 e. The van der Waals surface area contributed by atoms with E-state index in [1.54, 1.807) is 11.1 Å². The van der Waals surface area contributed by atoms with Crippen molar-refractivity contribution in [2.45, 2.75) is 38.9 Å². The Bertz CT molecular complexity index is 1280. The SMILES string of the molecule is CC(C)(C)OC(=O)N1CC=C(c2cnc(Cl)nc2OC2CN(c3ccc4ccccc4n3)C2)CC1. The Morgan fingerprint density at radius 1 is 1.11 bits per heavy atom. The van der Waals surface area contributed by atoms with Crippen LogP contribution >= 0.6 is 11.6 Å². The smallest absolute Gasteiger partial charge is 0.410 e. The van der Waals surface area contributed by atoms with Crippen LogP contribution in [-0.4, -0.2) is 63.8 Å². The predicted octanol–water partition coefficient (Wildman–Crippen LogP) is 4.97. The molecule has 3 aromatic rings. The van der Waals surface area contributed by atoms with E-state index in [0.717, 1.165) is 27.9 Å². The molecule has 4 heterocycles. The van der Waals surface area contributed by atoms with E-state index in [1.165, 1.54) is 0 Å². The van der Waals surface area contributed by atoms with Crippen LogP contribution in [0.4, 0.5) is 10.6 Å². The quantitative estimate of drug-likeness (QED) is 0.474. The molecule has 35 heavy (non-hydrogen) atoms. The van der Waals surface area contributed by atoms with Gasteiger partial charge in [0.05, 0.1) is 24.2 Å². The highest BCUT2D eigenvalue weighted by Gasteiger charge is 2.32. The molecule has 1 aromatic carbocycles. The molecule has 2 aromatic heterocycles. The number of anilines is 1. The van der Waals surface area contributed by atoms with Gasteiger partial charge in [-0.25, -0.2) is 14.8 Å². The van der Waals surface area contributed by atoms with E-state index in [9.17, 15) is 4.79 Å². The second-order valence-corrected chi connectivity index (χ2v) is 10.1. The molecule has 5 rings (SSSR count). The molecule has 1 amide bonds. The van der Waals surface area contributed by atoms with Gasteiger partial charge in [-0.05, 0) is 62.6 Å². The van der Waals surface area contributed by atoms with Gasteiger partial charge in [-0.2, -0.15) is 4.98 Å². The number of halogens is 1. The van der Waals surface area contributed by atoms with Crippen molar-refractivity contribution >= 4 is 40.0 Å². The summed E-state index contributed by atoms with van der Waals surface area (Å²) >= 11 is 6.10. The monoisotopic (exact) mass is 493 g/mol. The molecule has 0 unspecified atom stereocenters. The lowest BCUT2D eigenvalue weighted by atomic mass is 10.0. The number of carbonyl (C=O) groups excluding carboxylic acids is 1. The zero-order valence-electron chi connectivity index (χ0n) is 20.1. The van der Waals surface area contributed by atoms with Crippen molar-refractivity contribution in [3.63, 3.8) is 0 Å². The van der Waals surface area contributed by atoms with Crippen molar-refractivity contribution in [3.8, 4) is 5.88 Å². The third-order valence-electron chi connectivity index (χ3n) is 5.97. The number of hydrogen-bond acceptors (Lipinski definition) is 7. The summed E-state index contributed by atoms with van der Waals surface area (Å²) in [6, 6.07) is 12.2. The molecule has 0 atom stereocenters. The Hall–Kier alpha value is -3.39. The van der Waals surface area contributed by atoms with E-state index in [-0.39, 0.29) is 17.5 Å². The largest absolute Gasteiger partial charge is 0.470 e. The van der Waals surface area contributed by atoms with Gasteiger partial charge in [-0.3, -0.25) is 0 Å². The van der Waals surface area contributed by atoms with Crippen LogP contribution in [0.5, 0.6) is 5.88 Å². The molecule has 0 spiro atoms. The summed E-state index contributed by atoms with van der Waals surface area (Å²) in [4.78, 5) is 29.5. The minimum atomic E-state index is -0.523. The van der Waals surface area contributed by atoms with Crippen LogP contribution in [0.1, 0.15) is 32.8 Å². The van der Waals surface area contributed by atoms with Crippen molar-refractivity contribution in [2.24, 2.45) is 0 Å². The van der Waals surface area contributed by atoms with Gasteiger partial charge in [0, 0.05) is 24.7 Å². The summed E-state index contributed by atoms with van der Waals surface area (Å²) in [7, 11) is 0. The van der Waals surface area contributed by atoms with Gasteiger partial charge in [0.1, 0.15) is 17.5 Å². The average molecular weight is 494 g/mol. The fourth-order valence-corrected chi connectivity index (χ4v) is 4.28. The number of amides is 1. The highest BCUT2D eigenvalue weighted by Crippen LogP contribution is 2.32. The van der Waals surface area contributed by atoms with E-state index >= 15 is 0 Å². The summed E-state index contributed by atoms with van der Waals surface area (Å²) in [5, 5.41) is 1.26. The standard InChI is InChI=1S/C26H28ClN5O3/c1-26(2,3)35-25(33)31-12-10-17(11-13-31)20-14-28-24(27)30-23(20)34-19-15-32(16-19)22-9-8-18-6-4-5-7-21(18)29-22/h4-10,14,19H,11-13,15-16H2,1-3H3. The summed E-state index contributed by atoms with van der Waals surface area (Å²) in [5.74, 6) is 1.40. The zero-order chi connectivity index (χ0) is 24.6. The molecule has 0 aliphatic carbocycles. The van der Waals surface area contributed by atoms with Crippen molar-refractivity contribution in [1.29, 1.82) is 0 Å². The van der Waals surface area contributed by atoms with Crippen LogP contribution < -0.4 is 9.64 Å². The van der Waals surface area contributed by atoms with Crippen LogP contribution in [0.3, 0.4) is 0 Å². The van der Waals surface area contributed by atoms with Gasteiger partial charge < -0.3 is 19.3 Å². The first-order valence-corrected chi connectivity index (χ1v) is 12.1. The van der Waals surface area contributed by atoms with Crippen LogP contribution in [0.15, 0.2) is 48.7 Å². The Morgan fingerprint density at radius 2 is 1.91 bits per heavy atom. The summed E-state index contributed by atoms with van der Waals surface area (Å²) in [5.41, 5.74) is 2.29. The number of rotatable bonds is 4. The van der Waals surface area contributed by atoms with Crippen molar-refractivity contribution in [2.75, 3.05) is 31.1 Å².